The summed E-state index contributed by atoms with van der Waals surface area (Å²) >= 11 is 0. The minimum atomic E-state index is -3.49. The zero-order valence-electron chi connectivity index (χ0n) is 12.5. The number of nitrogens with one attached hydrogen (secondary N) is 1. The van der Waals surface area contributed by atoms with Gasteiger partial charge in [0.05, 0.1) is 6.54 Å². The third-order valence-electron chi connectivity index (χ3n) is 3.86. The van der Waals surface area contributed by atoms with Crippen LogP contribution in [0.15, 0.2) is 0 Å². The summed E-state index contributed by atoms with van der Waals surface area (Å²) in [6, 6.07) is 0. The number of amides is 1. The maximum Gasteiger partial charge on any atom is 0.282 e. The monoisotopic (exact) mass is 340 g/mol. The Balaban J connectivity index is 0.00000220. The number of hydrogen-bond acceptors (Lipinski definition) is 4. The van der Waals surface area contributed by atoms with Gasteiger partial charge < -0.3 is 10.2 Å². The van der Waals surface area contributed by atoms with Crippen LogP contribution in [-0.2, 0) is 15.0 Å². The van der Waals surface area contributed by atoms with Crippen LogP contribution in [0, 0.1) is 0 Å². The number of halogens is 1. The van der Waals surface area contributed by atoms with E-state index in [0.717, 1.165) is 32.4 Å². The Morgan fingerprint density at radius 1 is 1.10 bits per heavy atom. The molecule has 124 valence electrons. The predicted molar refractivity (Wildman–Crippen MR) is 83.7 cm³/mol. The Morgan fingerprint density at radius 2 is 1.67 bits per heavy atom. The van der Waals surface area contributed by atoms with Crippen molar-refractivity contribution in [1.29, 1.82) is 0 Å². The molecular weight excluding hydrogens is 316 g/mol. The van der Waals surface area contributed by atoms with Crippen LogP contribution in [0.4, 0.5) is 0 Å². The first kappa shape index (κ1) is 18.6. The fraction of sp³-hybridized carbons (Fsp3) is 0.917. The van der Waals surface area contributed by atoms with Gasteiger partial charge in [-0.3, -0.25) is 4.79 Å². The number of rotatable bonds is 4. The van der Waals surface area contributed by atoms with Gasteiger partial charge in [0.25, 0.3) is 10.2 Å². The van der Waals surface area contributed by atoms with Crippen LogP contribution in [-0.4, -0.2) is 80.7 Å². The highest BCUT2D eigenvalue weighted by molar-refractivity contribution is 7.86. The van der Waals surface area contributed by atoms with Gasteiger partial charge in [0.2, 0.25) is 5.91 Å². The molecule has 0 aliphatic carbocycles. The van der Waals surface area contributed by atoms with Crippen LogP contribution in [0.1, 0.15) is 19.3 Å². The molecule has 0 unspecified atom stereocenters. The topological polar surface area (TPSA) is 73.0 Å². The molecule has 0 radical (unpaired) electrons. The zero-order chi connectivity index (χ0) is 14.6. The minimum absolute atomic E-state index is 0. The van der Waals surface area contributed by atoms with E-state index in [-0.39, 0.29) is 24.9 Å². The van der Waals surface area contributed by atoms with E-state index < -0.39 is 10.2 Å². The standard InChI is InChI=1S/C12H24N4O3S.ClH/c1-14(11-12(17)15-9-5-13-6-10-15)20(18,19)16-7-3-2-4-8-16;/h13H,2-11H2,1H3;1H. The van der Waals surface area contributed by atoms with E-state index in [9.17, 15) is 13.2 Å². The SMILES string of the molecule is CN(CC(=O)N1CCNCC1)S(=O)(=O)N1CCCCC1.Cl. The number of carbonyl (C=O) groups is 1. The Morgan fingerprint density at radius 3 is 2.24 bits per heavy atom. The summed E-state index contributed by atoms with van der Waals surface area (Å²) in [6.45, 7) is 3.90. The van der Waals surface area contributed by atoms with Gasteiger partial charge >= 0.3 is 0 Å². The molecule has 0 spiro atoms. The largest absolute Gasteiger partial charge is 0.339 e. The summed E-state index contributed by atoms with van der Waals surface area (Å²) in [4.78, 5) is 13.8. The third-order valence-corrected chi connectivity index (χ3v) is 5.80. The van der Waals surface area contributed by atoms with Crippen molar-refractivity contribution in [3.63, 3.8) is 0 Å². The summed E-state index contributed by atoms with van der Waals surface area (Å²) in [5.41, 5.74) is 0. The molecule has 0 atom stereocenters. The van der Waals surface area contributed by atoms with Gasteiger partial charge in [-0.15, -0.1) is 12.4 Å². The molecule has 2 saturated heterocycles. The third kappa shape index (κ3) is 4.79. The fourth-order valence-electron chi connectivity index (χ4n) is 2.58. The van der Waals surface area contributed by atoms with Crippen LogP contribution in [0.3, 0.4) is 0 Å². The Labute approximate surface area is 133 Å². The molecule has 0 aromatic rings. The van der Waals surface area contributed by atoms with Gasteiger partial charge in [-0.25, -0.2) is 0 Å². The molecule has 9 heteroatoms. The van der Waals surface area contributed by atoms with Crippen molar-refractivity contribution < 1.29 is 13.2 Å². The quantitative estimate of drug-likeness (QED) is 0.749. The van der Waals surface area contributed by atoms with Crippen molar-refractivity contribution in [2.45, 2.75) is 19.3 Å². The number of likely N-dealkylation sites (N-methyl/N-ethyl adjacent to an activating group) is 1. The highest BCUT2D eigenvalue weighted by Crippen LogP contribution is 2.15. The molecule has 2 fully saturated rings. The molecule has 21 heavy (non-hydrogen) atoms. The Kier molecular flexibility index (Phi) is 7.35. The zero-order valence-corrected chi connectivity index (χ0v) is 14.1. The molecule has 0 aromatic carbocycles. The van der Waals surface area contributed by atoms with E-state index in [2.05, 4.69) is 5.32 Å². The molecular formula is C12H25ClN4O3S. The van der Waals surface area contributed by atoms with Gasteiger partial charge in [-0.1, -0.05) is 6.42 Å². The number of hydrogen-bond donors (Lipinski definition) is 1. The lowest BCUT2D eigenvalue weighted by atomic mass is 10.2. The summed E-state index contributed by atoms with van der Waals surface area (Å²) in [5, 5.41) is 3.17. The molecule has 2 aliphatic rings. The molecule has 1 N–H and O–H groups in total. The summed E-state index contributed by atoms with van der Waals surface area (Å²) in [6.07, 6.45) is 2.88. The molecule has 7 nitrogen and oxygen atoms in total. The second-order valence-electron chi connectivity index (χ2n) is 5.35. The second-order valence-corrected chi connectivity index (χ2v) is 7.39. The van der Waals surface area contributed by atoms with Gasteiger partial charge in [0, 0.05) is 46.3 Å². The van der Waals surface area contributed by atoms with E-state index in [1.807, 2.05) is 0 Å². The lowest BCUT2D eigenvalue weighted by molar-refractivity contribution is -0.131. The summed E-state index contributed by atoms with van der Waals surface area (Å²) in [5.74, 6) is -0.116. The van der Waals surface area contributed by atoms with Crippen LogP contribution in [0.2, 0.25) is 0 Å². The van der Waals surface area contributed by atoms with Crippen molar-refractivity contribution in [3.05, 3.63) is 0 Å². The smallest absolute Gasteiger partial charge is 0.282 e. The summed E-state index contributed by atoms with van der Waals surface area (Å²) < 4.78 is 27.4. The van der Waals surface area contributed by atoms with Crippen molar-refractivity contribution in [2.75, 3.05) is 52.9 Å². The Hall–Kier alpha value is -0.410. The van der Waals surface area contributed by atoms with Gasteiger partial charge in [0.15, 0.2) is 0 Å². The van der Waals surface area contributed by atoms with E-state index >= 15 is 0 Å². The minimum Gasteiger partial charge on any atom is -0.339 e. The van der Waals surface area contributed by atoms with Crippen molar-refractivity contribution in [3.8, 4) is 0 Å². The molecule has 1 amide bonds. The fourth-order valence-corrected chi connectivity index (χ4v) is 3.97. The predicted octanol–water partition coefficient (Wildman–Crippen LogP) is -0.497. The van der Waals surface area contributed by atoms with E-state index in [1.165, 1.54) is 15.7 Å². The van der Waals surface area contributed by atoms with Gasteiger partial charge in [-0.05, 0) is 12.8 Å². The maximum atomic E-state index is 12.4. The van der Waals surface area contributed by atoms with Gasteiger partial charge in [-0.2, -0.15) is 17.0 Å². The first-order valence-electron chi connectivity index (χ1n) is 7.22. The Bertz CT molecular complexity index is 434. The number of piperazine rings is 1. The first-order chi connectivity index (χ1) is 9.51. The molecule has 0 saturated carbocycles. The summed E-state index contributed by atoms with van der Waals surface area (Å²) in [7, 11) is -2.00. The first-order valence-corrected chi connectivity index (χ1v) is 8.61. The maximum absolute atomic E-state index is 12.4. The van der Waals surface area contributed by atoms with Crippen molar-refractivity contribution >= 4 is 28.5 Å². The van der Waals surface area contributed by atoms with Crippen LogP contribution in [0.25, 0.3) is 0 Å². The normalized spacial score (nSPS) is 21.1. The molecule has 2 aliphatic heterocycles. The molecule has 2 rings (SSSR count). The highest BCUT2D eigenvalue weighted by atomic mass is 35.5. The van der Waals surface area contributed by atoms with E-state index in [0.29, 0.717) is 26.2 Å². The average Bonchev–Trinajstić information content (AvgIpc) is 2.49. The van der Waals surface area contributed by atoms with Crippen molar-refractivity contribution in [2.24, 2.45) is 0 Å². The van der Waals surface area contributed by atoms with Crippen molar-refractivity contribution in [1.82, 2.24) is 18.8 Å². The van der Waals surface area contributed by atoms with Crippen LogP contribution in [0.5, 0.6) is 0 Å². The number of piperidine rings is 1. The molecule has 0 bridgehead atoms. The lowest BCUT2D eigenvalue weighted by Crippen LogP contribution is -2.52. The second kappa shape index (κ2) is 8.28. The lowest BCUT2D eigenvalue weighted by Gasteiger charge is -2.32. The van der Waals surface area contributed by atoms with Gasteiger partial charge in [0.1, 0.15) is 0 Å². The van der Waals surface area contributed by atoms with Crippen LogP contribution >= 0.6 is 12.4 Å². The number of nitrogens with zero attached hydrogens (tertiary/aromatic N) is 3. The molecule has 2 heterocycles. The highest BCUT2D eigenvalue weighted by Gasteiger charge is 2.30. The van der Waals surface area contributed by atoms with Crippen LogP contribution < -0.4 is 5.32 Å². The van der Waals surface area contributed by atoms with E-state index in [1.54, 1.807) is 4.90 Å². The van der Waals surface area contributed by atoms with E-state index in [4.69, 9.17) is 0 Å². The average molecular weight is 341 g/mol. The number of carbonyl (C=O) groups excluding carboxylic acids is 1. The molecule has 0 aromatic heterocycles.